The summed E-state index contributed by atoms with van der Waals surface area (Å²) in [5, 5.41) is 29.7. The van der Waals surface area contributed by atoms with Crippen molar-refractivity contribution in [1.82, 2.24) is 21.3 Å². The van der Waals surface area contributed by atoms with Gasteiger partial charge in [-0.2, -0.15) is 12.6 Å². The molecular weight excluding hydrogens is 502 g/mol. The molecule has 1 aromatic carbocycles. The predicted octanol–water partition coefficient (Wildman–Crippen LogP) is -1.79. The summed E-state index contributed by atoms with van der Waals surface area (Å²) in [6, 6.07) is 2.34. The van der Waals surface area contributed by atoms with E-state index < -0.39 is 42.0 Å². The number of aromatic hydroxyl groups is 1. The highest BCUT2D eigenvalue weighted by Crippen LogP contribution is 2.13. The number of aliphatic imine (C=N–C) groups is 1. The van der Waals surface area contributed by atoms with Crippen LogP contribution in [0, 0.1) is 0 Å². The summed E-state index contributed by atoms with van der Waals surface area (Å²) in [7, 11) is 0. The quantitative estimate of drug-likeness (QED) is 0.0565. The van der Waals surface area contributed by atoms with Gasteiger partial charge < -0.3 is 42.9 Å². The summed E-state index contributed by atoms with van der Waals surface area (Å²) in [6.07, 6.45) is 1.99. The van der Waals surface area contributed by atoms with E-state index in [1.54, 1.807) is 12.1 Å². The van der Waals surface area contributed by atoms with Gasteiger partial charge in [0.1, 0.15) is 23.9 Å². The van der Waals surface area contributed by atoms with Gasteiger partial charge in [-0.15, -0.1) is 0 Å². The number of amides is 3. The van der Waals surface area contributed by atoms with E-state index in [9.17, 15) is 29.4 Å². The normalized spacial score (nSPS) is 17.2. The van der Waals surface area contributed by atoms with Crippen molar-refractivity contribution in [2.75, 3.05) is 18.8 Å². The Labute approximate surface area is 220 Å². The lowest BCUT2D eigenvalue weighted by atomic mass is 10.0. The van der Waals surface area contributed by atoms with Crippen molar-refractivity contribution in [1.29, 1.82) is 0 Å². The number of hydrogen-bond donors (Lipinski definition) is 9. The first-order valence-corrected chi connectivity index (χ1v) is 12.6. The number of guanidine groups is 1. The Morgan fingerprint density at radius 2 is 1.70 bits per heavy atom. The maximum atomic E-state index is 13.3. The number of carbonyl (C=O) groups excluding carboxylic acids is 3. The molecule has 14 heteroatoms. The maximum Gasteiger partial charge on any atom is 0.327 e. The monoisotopic (exact) mass is 537 g/mol. The van der Waals surface area contributed by atoms with Crippen molar-refractivity contribution in [2.24, 2.45) is 16.5 Å². The molecule has 37 heavy (non-hydrogen) atoms. The van der Waals surface area contributed by atoms with Gasteiger partial charge in [0.15, 0.2) is 5.96 Å². The fourth-order valence-corrected chi connectivity index (χ4v) is 4.01. The summed E-state index contributed by atoms with van der Waals surface area (Å²) in [5.74, 6) is -3.17. The predicted molar refractivity (Wildman–Crippen MR) is 140 cm³/mol. The first-order valence-electron chi connectivity index (χ1n) is 11.9. The Hall–Kier alpha value is -3.52. The van der Waals surface area contributed by atoms with Crippen LogP contribution in [0.15, 0.2) is 29.3 Å². The SMILES string of the molecule is NC(N)=NCCCC(NC(=O)C(Cc1ccc(O)cc1)NC(=O)C1CCCN1)C(=O)NC(CS)C(=O)O. The Morgan fingerprint density at radius 1 is 1.05 bits per heavy atom. The molecule has 0 radical (unpaired) electrons. The molecule has 2 rings (SSSR count). The molecule has 1 saturated heterocycles. The molecule has 0 bridgehead atoms. The van der Waals surface area contributed by atoms with E-state index in [0.717, 1.165) is 6.42 Å². The number of aliphatic carboxylic acids is 1. The first kappa shape index (κ1) is 29.7. The fourth-order valence-electron chi connectivity index (χ4n) is 3.76. The second kappa shape index (κ2) is 14.9. The third-order valence-corrected chi connectivity index (χ3v) is 6.13. The summed E-state index contributed by atoms with van der Waals surface area (Å²) >= 11 is 3.95. The molecule has 204 valence electrons. The lowest BCUT2D eigenvalue weighted by Crippen LogP contribution is -2.57. The third-order valence-electron chi connectivity index (χ3n) is 5.76. The lowest BCUT2D eigenvalue weighted by Gasteiger charge is -2.25. The van der Waals surface area contributed by atoms with Gasteiger partial charge in [0.2, 0.25) is 17.7 Å². The minimum atomic E-state index is -1.27. The molecule has 13 nitrogen and oxygen atoms in total. The van der Waals surface area contributed by atoms with Crippen LogP contribution in [0.3, 0.4) is 0 Å². The van der Waals surface area contributed by atoms with Crippen molar-refractivity contribution in [3.05, 3.63) is 29.8 Å². The van der Waals surface area contributed by atoms with Crippen LogP contribution in [0.4, 0.5) is 0 Å². The number of nitrogens with one attached hydrogen (secondary N) is 4. The molecular formula is C23H35N7O6S. The first-order chi connectivity index (χ1) is 17.6. The standard InChI is InChI=1S/C23H35N7O6S/c24-23(25)27-10-2-4-16(20(33)30-18(12-37)22(35)36)28-21(34)17(11-13-5-7-14(31)8-6-13)29-19(32)15-3-1-9-26-15/h5-8,15-18,26,31,37H,1-4,9-12H2,(H,28,34)(H,29,32)(H,30,33)(H,35,36)(H4,24,25,27). The highest BCUT2D eigenvalue weighted by molar-refractivity contribution is 7.80. The van der Waals surface area contributed by atoms with Gasteiger partial charge in [0.05, 0.1) is 6.04 Å². The molecule has 4 atom stereocenters. The van der Waals surface area contributed by atoms with Crippen molar-refractivity contribution < 1.29 is 29.4 Å². The van der Waals surface area contributed by atoms with Gasteiger partial charge in [0, 0.05) is 18.7 Å². The molecule has 1 heterocycles. The fraction of sp³-hybridized carbons (Fsp3) is 0.522. The lowest BCUT2D eigenvalue weighted by molar-refractivity contribution is -0.141. The van der Waals surface area contributed by atoms with Gasteiger partial charge >= 0.3 is 5.97 Å². The molecule has 0 saturated carbocycles. The van der Waals surface area contributed by atoms with E-state index in [2.05, 4.69) is 38.9 Å². The molecule has 1 fully saturated rings. The molecule has 4 unspecified atom stereocenters. The van der Waals surface area contributed by atoms with Crippen molar-refractivity contribution in [3.63, 3.8) is 0 Å². The van der Waals surface area contributed by atoms with Gasteiger partial charge in [0.25, 0.3) is 0 Å². The van der Waals surface area contributed by atoms with Gasteiger partial charge in [-0.1, -0.05) is 12.1 Å². The molecule has 1 aliphatic rings. The maximum absolute atomic E-state index is 13.3. The summed E-state index contributed by atoms with van der Waals surface area (Å²) in [6.45, 7) is 0.888. The largest absolute Gasteiger partial charge is 0.508 e. The van der Waals surface area contributed by atoms with Gasteiger partial charge in [-0.25, -0.2) is 4.79 Å². The zero-order valence-corrected chi connectivity index (χ0v) is 21.2. The van der Waals surface area contributed by atoms with E-state index in [1.807, 2.05) is 0 Å². The number of carbonyl (C=O) groups is 4. The molecule has 0 aromatic heterocycles. The van der Waals surface area contributed by atoms with Crippen molar-refractivity contribution in [2.45, 2.75) is 56.3 Å². The number of benzene rings is 1. The molecule has 1 aliphatic heterocycles. The van der Waals surface area contributed by atoms with Crippen LogP contribution < -0.4 is 32.7 Å². The number of thiol groups is 1. The van der Waals surface area contributed by atoms with E-state index >= 15 is 0 Å². The highest BCUT2D eigenvalue weighted by Gasteiger charge is 2.31. The number of rotatable bonds is 14. The molecule has 3 amide bonds. The second-order valence-electron chi connectivity index (χ2n) is 8.67. The van der Waals surface area contributed by atoms with Gasteiger partial charge in [-0.05, 0) is 49.9 Å². The highest BCUT2D eigenvalue weighted by atomic mass is 32.1. The minimum Gasteiger partial charge on any atom is -0.508 e. The molecule has 1 aromatic rings. The summed E-state index contributed by atoms with van der Waals surface area (Å²) in [5.41, 5.74) is 11.3. The number of carboxylic acids is 1. The number of phenolic OH excluding ortho intramolecular Hbond substituents is 1. The summed E-state index contributed by atoms with van der Waals surface area (Å²) in [4.78, 5) is 54.2. The topological polar surface area (TPSA) is 221 Å². The number of carboxylic acid groups (broad SMARTS) is 1. The minimum absolute atomic E-state index is 0.0543. The van der Waals surface area contributed by atoms with Crippen LogP contribution in [-0.2, 0) is 25.6 Å². The van der Waals surface area contributed by atoms with E-state index in [0.29, 0.717) is 24.9 Å². The zero-order valence-electron chi connectivity index (χ0n) is 20.4. The zero-order chi connectivity index (χ0) is 27.4. The molecule has 0 spiro atoms. The average molecular weight is 538 g/mol. The Morgan fingerprint density at radius 3 is 2.27 bits per heavy atom. The third kappa shape index (κ3) is 10.2. The van der Waals surface area contributed by atoms with Crippen molar-refractivity contribution in [3.8, 4) is 5.75 Å². The van der Waals surface area contributed by atoms with E-state index in [-0.39, 0.29) is 42.8 Å². The number of nitrogens with two attached hydrogens (primary N) is 2. The molecule has 0 aliphatic carbocycles. The van der Waals surface area contributed by atoms with Crippen LogP contribution in [0.25, 0.3) is 0 Å². The van der Waals surface area contributed by atoms with E-state index in [1.165, 1.54) is 12.1 Å². The Kier molecular flexibility index (Phi) is 12.0. The number of hydrogen-bond acceptors (Lipinski definition) is 8. The van der Waals surface area contributed by atoms with Crippen LogP contribution in [-0.4, -0.2) is 82.9 Å². The Balaban J connectivity index is 2.20. The molecule has 10 N–H and O–H groups in total. The van der Waals surface area contributed by atoms with Gasteiger partial charge in [-0.3, -0.25) is 19.4 Å². The average Bonchev–Trinajstić information content (AvgIpc) is 3.40. The second-order valence-corrected chi connectivity index (χ2v) is 9.04. The van der Waals surface area contributed by atoms with Crippen LogP contribution >= 0.6 is 12.6 Å². The summed E-state index contributed by atoms with van der Waals surface area (Å²) < 4.78 is 0. The number of nitrogens with zero attached hydrogens (tertiary/aromatic N) is 1. The van der Waals surface area contributed by atoms with Crippen LogP contribution in [0.5, 0.6) is 5.75 Å². The smallest absolute Gasteiger partial charge is 0.327 e. The van der Waals surface area contributed by atoms with Crippen LogP contribution in [0.1, 0.15) is 31.2 Å². The Bertz CT molecular complexity index is 965. The van der Waals surface area contributed by atoms with E-state index in [4.69, 9.17) is 11.5 Å². The van der Waals surface area contributed by atoms with Crippen LogP contribution in [0.2, 0.25) is 0 Å². The number of phenols is 1. The van der Waals surface area contributed by atoms with Crippen molar-refractivity contribution >= 4 is 42.3 Å².